The van der Waals surface area contributed by atoms with Crippen molar-refractivity contribution >= 4 is 11.6 Å². The van der Waals surface area contributed by atoms with Gasteiger partial charge in [0.05, 0.1) is 0 Å². The molecule has 1 amide bonds. The number of pyridine rings is 1. The molecule has 108 valence electrons. The number of nitrogen functional groups attached to an aromatic ring is 1. The molecular weight excluding hydrogens is 262 g/mol. The first kappa shape index (κ1) is 13.6. The van der Waals surface area contributed by atoms with Gasteiger partial charge in [0.25, 0.3) is 0 Å². The highest BCUT2D eigenvalue weighted by Gasteiger charge is 2.21. The van der Waals surface area contributed by atoms with E-state index in [-0.39, 0.29) is 5.91 Å². The minimum absolute atomic E-state index is 0.201. The molecule has 4 heteroatoms. The van der Waals surface area contributed by atoms with Crippen molar-refractivity contribution in [3.05, 3.63) is 59.4 Å². The number of aromatic nitrogens is 1. The van der Waals surface area contributed by atoms with E-state index in [9.17, 15) is 4.79 Å². The van der Waals surface area contributed by atoms with Crippen molar-refractivity contribution in [1.82, 2.24) is 9.88 Å². The highest BCUT2D eigenvalue weighted by molar-refractivity contribution is 5.77. The fraction of sp³-hybridized carbons (Fsp3) is 0.294. The lowest BCUT2D eigenvalue weighted by molar-refractivity contribution is -0.132. The van der Waals surface area contributed by atoms with E-state index in [1.165, 1.54) is 11.1 Å². The molecule has 1 aromatic carbocycles. The number of carbonyl (C=O) groups is 1. The molecule has 2 N–H and O–H groups in total. The van der Waals surface area contributed by atoms with Gasteiger partial charge in [0.2, 0.25) is 5.91 Å². The number of hydrogen-bond acceptors (Lipinski definition) is 3. The Bertz CT molecular complexity index is 640. The van der Waals surface area contributed by atoms with Crippen LogP contribution in [-0.2, 0) is 24.2 Å². The fourth-order valence-electron chi connectivity index (χ4n) is 2.81. The summed E-state index contributed by atoms with van der Waals surface area (Å²) < 4.78 is 0. The van der Waals surface area contributed by atoms with E-state index in [2.05, 4.69) is 11.1 Å². The maximum absolute atomic E-state index is 12.3. The third-order valence-electron chi connectivity index (χ3n) is 4.01. The van der Waals surface area contributed by atoms with E-state index >= 15 is 0 Å². The quantitative estimate of drug-likeness (QED) is 0.877. The minimum atomic E-state index is 0.201. The van der Waals surface area contributed by atoms with E-state index in [1.807, 2.05) is 35.4 Å². The molecule has 1 aliphatic heterocycles. The van der Waals surface area contributed by atoms with Crippen LogP contribution in [-0.4, -0.2) is 22.3 Å². The second-order valence-electron chi connectivity index (χ2n) is 5.41. The standard InChI is InChI=1S/C17H19N3O/c18-16-5-1-4-14-12-20(10-8-15(14)16)17(21)7-6-13-3-2-9-19-11-13/h1-5,9,11H,6-8,10,12,18H2. The molecule has 1 aliphatic rings. The molecule has 0 spiro atoms. The second kappa shape index (κ2) is 5.95. The summed E-state index contributed by atoms with van der Waals surface area (Å²) in [6.07, 6.45) is 5.69. The Balaban J connectivity index is 1.62. The number of benzene rings is 1. The van der Waals surface area contributed by atoms with Crippen molar-refractivity contribution in [3.63, 3.8) is 0 Å². The van der Waals surface area contributed by atoms with Crippen molar-refractivity contribution in [1.29, 1.82) is 0 Å². The maximum Gasteiger partial charge on any atom is 0.223 e. The molecule has 0 unspecified atom stereocenters. The van der Waals surface area contributed by atoms with Crippen LogP contribution in [0.15, 0.2) is 42.7 Å². The van der Waals surface area contributed by atoms with Gasteiger partial charge >= 0.3 is 0 Å². The van der Waals surface area contributed by atoms with Gasteiger partial charge in [-0.2, -0.15) is 0 Å². The van der Waals surface area contributed by atoms with Crippen molar-refractivity contribution in [2.24, 2.45) is 0 Å². The summed E-state index contributed by atoms with van der Waals surface area (Å²) in [6, 6.07) is 9.86. The average Bonchev–Trinajstić information content (AvgIpc) is 2.53. The van der Waals surface area contributed by atoms with E-state index in [4.69, 9.17) is 5.73 Å². The molecule has 0 atom stereocenters. The summed E-state index contributed by atoms with van der Waals surface area (Å²) in [5.74, 6) is 0.201. The number of aryl methyl sites for hydroxylation is 1. The number of nitrogens with two attached hydrogens (primary N) is 1. The average molecular weight is 281 g/mol. The molecule has 2 heterocycles. The smallest absolute Gasteiger partial charge is 0.223 e. The second-order valence-corrected chi connectivity index (χ2v) is 5.41. The first-order valence-corrected chi connectivity index (χ1v) is 7.27. The summed E-state index contributed by atoms with van der Waals surface area (Å²) in [4.78, 5) is 18.3. The van der Waals surface area contributed by atoms with Gasteiger partial charge in [0, 0.05) is 37.6 Å². The zero-order chi connectivity index (χ0) is 14.7. The van der Waals surface area contributed by atoms with Crippen LogP contribution in [0.25, 0.3) is 0 Å². The number of fused-ring (bicyclic) bond motifs is 1. The highest BCUT2D eigenvalue weighted by Crippen LogP contribution is 2.24. The summed E-state index contributed by atoms with van der Waals surface area (Å²) in [7, 11) is 0. The van der Waals surface area contributed by atoms with Gasteiger partial charge in [-0.05, 0) is 41.7 Å². The van der Waals surface area contributed by atoms with Crippen LogP contribution >= 0.6 is 0 Å². The molecule has 0 radical (unpaired) electrons. The summed E-state index contributed by atoms with van der Waals surface area (Å²) in [5, 5.41) is 0. The third-order valence-corrected chi connectivity index (χ3v) is 4.01. The SMILES string of the molecule is Nc1cccc2c1CCN(C(=O)CCc1cccnc1)C2. The van der Waals surface area contributed by atoms with Gasteiger partial charge in [-0.25, -0.2) is 0 Å². The predicted octanol–water partition coefficient (Wildman–Crippen LogP) is 2.18. The first-order chi connectivity index (χ1) is 10.2. The summed E-state index contributed by atoms with van der Waals surface area (Å²) in [5.41, 5.74) is 10.3. The highest BCUT2D eigenvalue weighted by atomic mass is 16.2. The Morgan fingerprint density at radius 1 is 1.29 bits per heavy atom. The third kappa shape index (κ3) is 3.05. The summed E-state index contributed by atoms with van der Waals surface area (Å²) in [6.45, 7) is 1.43. The topological polar surface area (TPSA) is 59.2 Å². The predicted molar refractivity (Wildman–Crippen MR) is 82.5 cm³/mol. The maximum atomic E-state index is 12.3. The van der Waals surface area contributed by atoms with Gasteiger partial charge in [-0.3, -0.25) is 9.78 Å². The number of amides is 1. The number of carbonyl (C=O) groups excluding carboxylic acids is 1. The van der Waals surface area contributed by atoms with Crippen LogP contribution in [0.1, 0.15) is 23.1 Å². The number of anilines is 1. The lowest BCUT2D eigenvalue weighted by Gasteiger charge is -2.29. The molecule has 1 aromatic heterocycles. The van der Waals surface area contributed by atoms with Crippen LogP contribution in [0.4, 0.5) is 5.69 Å². The zero-order valence-corrected chi connectivity index (χ0v) is 12.0. The molecule has 21 heavy (non-hydrogen) atoms. The lowest BCUT2D eigenvalue weighted by atomic mass is 9.97. The Morgan fingerprint density at radius 2 is 2.19 bits per heavy atom. The summed E-state index contributed by atoms with van der Waals surface area (Å²) >= 11 is 0. The molecule has 0 fully saturated rings. The van der Waals surface area contributed by atoms with Crippen LogP contribution in [0.5, 0.6) is 0 Å². The van der Waals surface area contributed by atoms with Crippen molar-refractivity contribution < 1.29 is 4.79 Å². The minimum Gasteiger partial charge on any atom is -0.398 e. The van der Waals surface area contributed by atoms with Crippen LogP contribution in [0.3, 0.4) is 0 Å². The number of rotatable bonds is 3. The Labute approximate surface area is 124 Å². The number of hydrogen-bond donors (Lipinski definition) is 1. The van der Waals surface area contributed by atoms with Crippen molar-refractivity contribution in [2.45, 2.75) is 25.8 Å². The van der Waals surface area contributed by atoms with E-state index < -0.39 is 0 Å². The Hall–Kier alpha value is -2.36. The molecule has 0 saturated heterocycles. The van der Waals surface area contributed by atoms with Crippen molar-refractivity contribution in [2.75, 3.05) is 12.3 Å². The van der Waals surface area contributed by atoms with Gasteiger partial charge < -0.3 is 10.6 Å². The van der Waals surface area contributed by atoms with Crippen LogP contribution in [0, 0.1) is 0 Å². The lowest BCUT2D eigenvalue weighted by Crippen LogP contribution is -2.36. The molecule has 0 bridgehead atoms. The van der Waals surface area contributed by atoms with Crippen LogP contribution < -0.4 is 5.73 Å². The molecule has 0 saturated carbocycles. The molecule has 0 aliphatic carbocycles. The largest absolute Gasteiger partial charge is 0.398 e. The fourth-order valence-corrected chi connectivity index (χ4v) is 2.81. The van der Waals surface area contributed by atoms with Gasteiger partial charge in [0.1, 0.15) is 0 Å². The number of nitrogens with zero attached hydrogens (tertiary/aromatic N) is 2. The van der Waals surface area contributed by atoms with Crippen LogP contribution in [0.2, 0.25) is 0 Å². The molecule has 4 nitrogen and oxygen atoms in total. The van der Waals surface area contributed by atoms with Gasteiger partial charge in [0.15, 0.2) is 0 Å². The molecular formula is C17H19N3O. The van der Waals surface area contributed by atoms with E-state index in [0.717, 1.165) is 30.6 Å². The van der Waals surface area contributed by atoms with E-state index in [1.54, 1.807) is 6.20 Å². The first-order valence-electron chi connectivity index (χ1n) is 7.27. The van der Waals surface area contributed by atoms with E-state index in [0.29, 0.717) is 13.0 Å². The molecule has 3 rings (SSSR count). The monoisotopic (exact) mass is 281 g/mol. The van der Waals surface area contributed by atoms with Gasteiger partial charge in [-0.15, -0.1) is 0 Å². The van der Waals surface area contributed by atoms with Gasteiger partial charge in [-0.1, -0.05) is 18.2 Å². The Kier molecular flexibility index (Phi) is 3.86. The van der Waals surface area contributed by atoms with Crippen molar-refractivity contribution in [3.8, 4) is 0 Å². The zero-order valence-electron chi connectivity index (χ0n) is 12.0. The normalized spacial score (nSPS) is 13.8. The molecule has 2 aromatic rings. The Morgan fingerprint density at radius 3 is 3.00 bits per heavy atom.